The van der Waals surface area contributed by atoms with Crippen molar-refractivity contribution in [2.45, 2.75) is 26.1 Å². The summed E-state index contributed by atoms with van der Waals surface area (Å²) in [6.45, 7) is 5.75. The lowest BCUT2D eigenvalue weighted by Gasteiger charge is -2.40. The molecule has 0 radical (unpaired) electrons. The molecule has 0 bridgehead atoms. The molecule has 0 spiro atoms. The van der Waals surface area contributed by atoms with Gasteiger partial charge in [-0.25, -0.2) is 14.8 Å². The predicted octanol–water partition coefficient (Wildman–Crippen LogP) is 2.87. The van der Waals surface area contributed by atoms with Gasteiger partial charge in [-0.3, -0.25) is 0 Å². The van der Waals surface area contributed by atoms with Crippen LogP contribution in [0.5, 0.6) is 0 Å². The summed E-state index contributed by atoms with van der Waals surface area (Å²) < 4.78 is 11.0. The first-order valence-corrected chi connectivity index (χ1v) is 8.44. The molecule has 0 unspecified atom stereocenters. The third-order valence-corrected chi connectivity index (χ3v) is 4.40. The van der Waals surface area contributed by atoms with Crippen molar-refractivity contribution >= 4 is 11.8 Å². The molecule has 1 saturated heterocycles. The maximum Gasteiger partial charge on any atom is 0.358 e. The first kappa shape index (κ1) is 17.4. The van der Waals surface area contributed by atoms with Crippen molar-refractivity contribution in [1.82, 2.24) is 9.97 Å². The van der Waals surface area contributed by atoms with Crippen LogP contribution >= 0.6 is 0 Å². The molecule has 25 heavy (non-hydrogen) atoms. The van der Waals surface area contributed by atoms with E-state index < -0.39 is 5.97 Å². The van der Waals surface area contributed by atoms with Crippen LogP contribution in [0.4, 0.5) is 5.82 Å². The molecule has 2 aromatic rings. The van der Waals surface area contributed by atoms with Gasteiger partial charge in [-0.15, -0.1) is 0 Å². The molecule has 3 rings (SSSR count). The van der Waals surface area contributed by atoms with E-state index in [2.05, 4.69) is 45.6 Å². The Kier molecular flexibility index (Phi) is 5.28. The molecular weight excluding hydrogens is 318 g/mol. The fraction of sp³-hybridized carbons (Fsp3) is 0.421. The zero-order valence-corrected chi connectivity index (χ0v) is 14.8. The first-order valence-electron chi connectivity index (χ1n) is 8.44. The van der Waals surface area contributed by atoms with Gasteiger partial charge in [-0.1, -0.05) is 44.2 Å². The van der Waals surface area contributed by atoms with Gasteiger partial charge in [-0.05, 0) is 11.5 Å². The van der Waals surface area contributed by atoms with Crippen LogP contribution in [0.2, 0.25) is 0 Å². The number of hydrogen-bond donors (Lipinski definition) is 0. The van der Waals surface area contributed by atoms with Crippen LogP contribution < -0.4 is 4.90 Å². The molecule has 6 nitrogen and oxygen atoms in total. The number of ether oxygens (including phenoxy) is 2. The predicted molar refractivity (Wildman–Crippen MR) is 94.5 cm³/mol. The number of nitrogens with zero attached hydrogens (tertiary/aromatic N) is 3. The monoisotopic (exact) mass is 341 g/mol. The Balaban J connectivity index is 1.83. The van der Waals surface area contributed by atoms with Crippen LogP contribution in [-0.4, -0.2) is 42.2 Å². The summed E-state index contributed by atoms with van der Waals surface area (Å²) in [5.74, 6) is 0.641. The SMILES string of the molecule is COC(=O)c1cnc(N2C[C@@H](c3ccccc3)O[C@@H](C(C)C)C2)cn1. The molecule has 1 aromatic carbocycles. The van der Waals surface area contributed by atoms with Crippen molar-refractivity contribution in [2.75, 3.05) is 25.1 Å². The van der Waals surface area contributed by atoms with Gasteiger partial charge in [0.2, 0.25) is 0 Å². The largest absolute Gasteiger partial charge is 0.464 e. The van der Waals surface area contributed by atoms with Crippen molar-refractivity contribution in [1.29, 1.82) is 0 Å². The number of carbonyl (C=O) groups excluding carboxylic acids is 1. The summed E-state index contributed by atoms with van der Waals surface area (Å²) in [6, 6.07) is 10.2. The lowest BCUT2D eigenvalue weighted by molar-refractivity contribution is -0.0501. The second-order valence-corrected chi connectivity index (χ2v) is 6.47. The minimum atomic E-state index is -0.483. The molecule has 1 aromatic heterocycles. The van der Waals surface area contributed by atoms with Crippen LogP contribution in [0.1, 0.15) is 36.0 Å². The number of carbonyl (C=O) groups is 1. The maximum atomic E-state index is 11.5. The topological polar surface area (TPSA) is 64.5 Å². The van der Waals surface area contributed by atoms with Crippen molar-refractivity contribution in [2.24, 2.45) is 5.92 Å². The second-order valence-electron chi connectivity index (χ2n) is 6.47. The highest BCUT2D eigenvalue weighted by Gasteiger charge is 2.31. The third kappa shape index (κ3) is 3.96. The number of esters is 1. The fourth-order valence-corrected chi connectivity index (χ4v) is 2.89. The average molecular weight is 341 g/mol. The summed E-state index contributed by atoms with van der Waals surface area (Å²) in [5.41, 5.74) is 1.36. The lowest BCUT2D eigenvalue weighted by atomic mass is 10.0. The van der Waals surface area contributed by atoms with Crippen molar-refractivity contribution < 1.29 is 14.3 Å². The molecular formula is C19H23N3O3. The average Bonchev–Trinajstić information content (AvgIpc) is 2.67. The third-order valence-electron chi connectivity index (χ3n) is 4.40. The molecule has 1 aliphatic heterocycles. The van der Waals surface area contributed by atoms with Crippen molar-refractivity contribution in [3.63, 3.8) is 0 Å². The van der Waals surface area contributed by atoms with E-state index in [0.717, 1.165) is 17.9 Å². The van der Waals surface area contributed by atoms with Gasteiger partial charge in [0, 0.05) is 13.1 Å². The van der Waals surface area contributed by atoms with E-state index in [0.29, 0.717) is 12.5 Å². The van der Waals surface area contributed by atoms with Gasteiger partial charge in [0.25, 0.3) is 0 Å². The normalized spacial score (nSPS) is 20.6. The molecule has 0 amide bonds. The standard InChI is InChI=1S/C19H23N3O3/c1-13(2)16-11-22(12-17(25-16)14-7-5-4-6-8-14)18-10-20-15(9-21-18)19(23)24-3/h4-10,13,16-17H,11-12H2,1-3H3/t16-,17+/m1/s1. The van der Waals surface area contributed by atoms with E-state index in [1.807, 2.05) is 18.2 Å². The van der Waals surface area contributed by atoms with Crippen LogP contribution in [0.15, 0.2) is 42.7 Å². The Bertz CT molecular complexity index is 704. The highest BCUT2D eigenvalue weighted by molar-refractivity contribution is 5.86. The Labute approximate surface area is 147 Å². The van der Waals surface area contributed by atoms with Crippen LogP contribution in [0, 0.1) is 5.92 Å². The van der Waals surface area contributed by atoms with Crippen LogP contribution in [0.3, 0.4) is 0 Å². The van der Waals surface area contributed by atoms with E-state index in [9.17, 15) is 4.79 Å². The number of hydrogen-bond acceptors (Lipinski definition) is 6. The summed E-state index contributed by atoms with van der Waals surface area (Å²) in [4.78, 5) is 22.3. The fourth-order valence-electron chi connectivity index (χ4n) is 2.89. The molecule has 2 heterocycles. The van der Waals surface area contributed by atoms with Gasteiger partial charge >= 0.3 is 5.97 Å². The quantitative estimate of drug-likeness (QED) is 0.797. The number of methoxy groups -OCH3 is 1. The summed E-state index contributed by atoms with van der Waals surface area (Å²) in [5, 5.41) is 0. The first-order chi connectivity index (χ1) is 12.1. The maximum absolute atomic E-state index is 11.5. The molecule has 132 valence electrons. The van der Waals surface area contributed by atoms with Crippen molar-refractivity contribution in [3.05, 3.63) is 54.0 Å². The number of morpholine rings is 1. The molecule has 0 saturated carbocycles. The highest BCUT2D eigenvalue weighted by atomic mass is 16.5. The zero-order valence-electron chi connectivity index (χ0n) is 14.8. The van der Waals surface area contributed by atoms with E-state index in [4.69, 9.17) is 4.74 Å². The number of benzene rings is 1. The molecule has 0 N–H and O–H groups in total. The molecule has 2 atom stereocenters. The Morgan fingerprint density at radius 1 is 1.20 bits per heavy atom. The second kappa shape index (κ2) is 7.61. The van der Waals surface area contributed by atoms with Crippen LogP contribution in [-0.2, 0) is 9.47 Å². The summed E-state index contributed by atoms with van der Waals surface area (Å²) >= 11 is 0. The van der Waals surface area contributed by atoms with Gasteiger partial charge in [0.15, 0.2) is 5.69 Å². The van der Waals surface area contributed by atoms with E-state index >= 15 is 0 Å². The molecule has 1 aliphatic rings. The van der Waals surface area contributed by atoms with Gasteiger partial charge in [0.1, 0.15) is 11.9 Å². The summed E-state index contributed by atoms with van der Waals surface area (Å²) in [6.07, 6.45) is 3.15. The number of anilines is 1. The Hall–Kier alpha value is -2.47. The number of rotatable bonds is 4. The van der Waals surface area contributed by atoms with Crippen LogP contribution in [0.25, 0.3) is 0 Å². The van der Waals surface area contributed by atoms with E-state index in [-0.39, 0.29) is 17.9 Å². The van der Waals surface area contributed by atoms with Gasteiger partial charge in [0.05, 0.1) is 25.6 Å². The minimum Gasteiger partial charge on any atom is -0.464 e. The zero-order chi connectivity index (χ0) is 17.8. The van der Waals surface area contributed by atoms with E-state index in [1.165, 1.54) is 13.3 Å². The Morgan fingerprint density at radius 2 is 1.96 bits per heavy atom. The Morgan fingerprint density at radius 3 is 2.56 bits per heavy atom. The van der Waals surface area contributed by atoms with Gasteiger partial charge < -0.3 is 14.4 Å². The lowest BCUT2D eigenvalue weighted by Crippen LogP contribution is -2.46. The molecule has 6 heteroatoms. The smallest absolute Gasteiger partial charge is 0.358 e. The van der Waals surface area contributed by atoms with E-state index in [1.54, 1.807) is 6.20 Å². The van der Waals surface area contributed by atoms with Crippen molar-refractivity contribution in [3.8, 4) is 0 Å². The minimum absolute atomic E-state index is 0.0237. The highest BCUT2D eigenvalue weighted by Crippen LogP contribution is 2.30. The molecule has 1 fully saturated rings. The molecule has 0 aliphatic carbocycles. The summed E-state index contributed by atoms with van der Waals surface area (Å²) in [7, 11) is 1.33. The van der Waals surface area contributed by atoms with Gasteiger partial charge in [-0.2, -0.15) is 0 Å². The number of aromatic nitrogens is 2.